The van der Waals surface area contributed by atoms with Gasteiger partial charge in [0.15, 0.2) is 4.80 Å². The van der Waals surface area contributed by atoms with Crippen LogP contribution in [0.5, 0.6) is 0 Å². The monoisotopic (exact) mass is 434 g/mol. The lowest BCUT2D eigenvalue weighted by atomic mass is 10.1. The van der Waals surface area contributed by atoms with Gasteiger partial charge in [0.05, 0.1) is 10.2 Å². The number of amides is 1. The van der Waals surface area contributed by atoms with Crippen molar-refractivity contribution in [2.75, 3.05) is 12.0 Å². The highest BCUT2D eigenvalue weighted by Gasteiger charge is 2.11. The molecule has 0 aliphatic rings. The molecule has 3 nitrogen and oxygen atoms in total. The smallest absolute Gasteiger partial charge is 0.279 e. The van der Waals surface area contributed by atoms with E-state index in [4.69, 9.17) is 0 Å². The second-order valence-electron chi connectivity index (χ2n) is 5.89. The van der Waals surface area contributed by atoms with Gasteiger partial charge in [0, 0.05) is 22.3 Å². The number of rotatable bonds is 4. The first-order chi connectivity index (χ1) is 12.0. The second kappa shape index (κ2) is 7.89. The van der Waals surface area contributed by atoms with Gasteiger partial charge in [0.2, 0.25) is 0 Å². The Kier molecular flexibility index (Phi) is 5.81. The molecule has 0 fully saturated rings. The van der Waals surface area contributed by atoms with E-state index < -0.39 is 0 Å². The van der Waals surface area contributed by atoms with E-state index in [1.54, 1.807) is 35.2 Å². The molecule has 0 aliphatic heterocycles. The molecule has 0 atom stereocenters. The second-order valence-corrected chi connectivity index (χ2v) is 8.77. The van der Waals surface area contributed by atoms with Crippen molar-refractivity contribution in [3.8, 4) is 0 Å². The summed E-state index contributed by atoms with van der Waals surface area (Å²) in [6.07, 6.45) is 2.09. The Hall–Kier alpha value is -1.37. The lowest BCUT2D eigenvalue weighted by Gasteiger charge is -2.05. The van der Waals surface area contributed by atoms with Crippen LogP contribution in [-0.2, 0) is 6.54 Å². The van der Waals surface area contributed by atoms with Crippen LogP contribution in [0.3, 0.4) is 0 Å². The van der Waals surface area contributed by atoms with Crippen LogP contribution in [0, 0.1) is 13.8 Å². The fourth-order valence-electron chi connectivity index (χ4n) is 2.77. The van der Waals surface area contributed by atoms with Crippen LogP contribution >= 0.6 is 39.0 Å². The SMILES string of the molecule is CSCCn1c(=NC(=O)c2cccc(Br)c2)sc2c(C)cc(C)cc21. The third kappa shape index (κ3) is 4.07. The minimum absolute atomic E-state index is 0.208. The molecule has 130 valence electrons. The fraction of sp³-hybridized carbons (Fsp3) is 0.263. The molecule has 3 rings (SSSR count). The molecule has 0 unspecified atom stereocenters. The van der Waals surface area contributed by atoms with Gasteiger partial charge in [-0.3, -0.25) is 4.79 Å². The summed E-state index contributed by atoms with van der Waals surface area (Å²) in [5.41, 5.74) is 4.22. The minimum atomic E-state index is -0.208. The van der Waals surface area contributed by atoms with Crippen molar-refractivity contribution in [1.29, 1.82) is 0 Å². The summed E-state index contributed by atoms with van der Waals surface area (Å²) in [7, 11) is 0. The van der Waals surface area contributed by atoms with Gasteiger partial charge in [-0.25, -0.2) is 0 Å². The van der Waals surface area contributed by atoms with E-state index in [2.05, 4.69) is 57.7 Å². The number of halogens is 1. The number of benzene rings is 2. The fourth-order valence-corrected chi connectivity index (χ4v) is 4.64. The number of thiazole rings is 1. The van der Waals surface area contributed by atoms with Crippen molar-refractivity contribution >= 4 is 55.2 Å². The zero-order valence-corrected chi connectivity index (χ0v) is 17.6. The number of carbonyl (C=O) groups is 1. The first-order valence-corrected chi connectivity index (χ1v) is 10.9. The summed E-state index contributed by atoms with van der Waals surface area (Å²) in [4.78, 5) is 17.8. The van der Waals surface area contributed by atoms with Crippen LogP contribution in [0.1, 0.15) is 21.5 Å². The molecule has 25 heavy (non-hydrogen) atoms. The van der Waals surface area contributed by atoms with Crippen LogP contribution in [-0.4, -0.2) is 22.5 Å². The van der Waals surface area contributed by atoms with E-state index in [9.17, 15) is 4.79 Å². The number of aryl methyl sites for hydroxylation is 3. The first-order valence-electron chi connectivity index (χ1n) is 7.94. The maximum absolute atomic E-state index is 12.6. The molecule has 0 radical (unpaired) electrons. The molecule has 6 heteroatoms. The first kappa shape index (κ1) is 18.4. The third-order valence-corrected chi connectivity index (χ3v) is 6.22. The van der Waals surface area contributed by atoms with Crippen LogP contribution in [0.15, 0.2) is 45.9 Å². The van der Waals surface area contributed by atoms with E-state index in [0.717, 1.165) is 27.1 Å². The van der Waals surface area contributed by atoms with Crippen molar-refractivity contribution in [3.05, 3.63) is 62.4 Å². The lowest BCUT2D eigenvalue weighted by molar-refractivity contribution is 0.0998. The summed E-state index contributed by atoms with van der Waals surface area (Å²) in [6, 6.07) is 11.7. The zero-order chi connectivity index (χ0) is 18.0. The predicted octanol–water partition coefficient (Wildman–Crippen LogP) is 5.19. The van der Waals surface area contributed by atoms with E-state index in [0.29, 0.717) is 5.56 Å². The normalized spacial score (nSPS) is 12.1. The van der Waals surface area contributed by atoms with E-state index >= 15 is 0 Å². The average Bonchev–Trinajstić information content (AvgIpc) is 2.90. The van der Waals surface area contributed by atoms with Crippen LogP contribution in [0.4, 0.5) is 0 Å². The van der Waals surface area contributed by atoms with E-state index in [-0.39, 0.29) is 5.91 Å². The van der Waals surface area contributed by atoms with Crippen molar-refractivity contribution in [2.45, 2.75) is 20.4 Å². The Morgan fingerprint density at radius 1 is 1.28 bits per heavy atom. The van der Waals surface area contributed by atoms with Gasteiger partial charge in [-0.1, -0.05) is 39.4 Å². The summed E-state index contributed by atoms with van der Waals surface area (Å²) in [5.74, 6) is 0.775. The van der Waals surface area contributed by atoms with E-state index in [1.807, 2.05) is 12.1 Å². The standard InChI is InChI=1S/C19H19BrN2OS2/c1-12-9-13(2)17-16(10-12)22(7-8-24-3)19(25-17)21-18(23)14-5-4-6-15(20)11-14/h4-6,9-11H,7-8H2,1-3H3. The van der Waals surface area contributed by atoms with Crippen molar-refractivity contribution in [3.63, 3.8) is 0 Å². The Balaban J connectivity index is 2.17. The highest BCUT2D eigenvalue weighted by atomic mass is 79.9. The molecule has 0 aliphatic carbocycles. The van der Waals surface area contributed by atoms with Gasteiger partial charge in [-0.15, -0.1) is 0 Å². The number of thioether (sulfide) groups is 1. The number of carbonyl (C=O) groups excluding carboxylic acids is 1. The molecular weight excluding hydrogens is 416 g/mol. The van der Waals surface area contributed by atoms with Gasteiger partial charge in [0.25, 0.3) is 5.91 Å². The number of aromatic nitrogens is 1. The van der Waals surface area contributed by atoms with Crippen LogP contribution in [0.25, 0.3) is 10.2 Å². The minimum Gasteiger partial charge on any atom is -0.315 e. The highest BCUT2D eigenvalue weighted by molar-refractivity contribution is 9.10. The zero-order valence-electron chi connectivity index (χ0n) is 14.4. The Labute approximate surface area is 163 Å². The quantitative estimate of drug-likeness (QED) is 0.566. The predicted molar refractivity (Wildman–Crippen MR) is 112 cm³/mol. The molecular formula is C19H19BrN2OS2. The largest absolute Gasteiger partial charge is 0.315 e. The van der Waals surface area contributed by atoms with Gasteiger partial charge < -0.3 is 4.57 Å². The third-order valence-electron chi connectivity index (χ3n) is 3.90. The Bertz CT molecular complexity index is 1000. The number of nitrogens with zero attached hydrogens (tertiary/aromatic N) is 2. The molecule has 3 aromatic rings. The van der Waals surface area contributed by atoms with Crippen molar-refractivity contribution in [1.82, 2.24) is 4.57 Å². The Morgan fingerprint density at radius 3 is 2.80 bits per heavy atom. The molecule has 1 amide bonds. The molecule has 1 heterocycles. The Morgan fingerprint density at radius 2 is 2.08 bits per heavy atom. The molecule has 0 bridgehead atoms. The summed E-state index contributed by atoms with van der Waals surface area (Å²) in [5, 5.41) is 0. The van der Waals surface area contributed by atoms with Gasteiger partial charge in [-0.05, 0) is 55.5 Å². The van der Waals surface area contributed by atoms with E-state index in [1.165, 1.54) is 15.8 Å². The molecule has 0 saturated heterocycles. The molecule has 2 aromatic carbocycles. The summed E-state index contributed by atoms with van der Waals surface area (Å²) in [6.45, 7) is 5.06. The van der Waals surface area contributed by atoms with Gasteiger partial charge in [-0.2, -0.15) is 16.8 Å². The maximum atomic E-state index is 12.6. The van der Waals surface area contributed by atoms with Crippen LogP contribution < -0.4 is 4.80 Å². The number of hydrogen-bond donors (Lipinski definition) is 0. The summed E-state index contributed by atoms with van der Waals surface area (Å²) < 4.78 is 4.26. The number of hydrogen-bond acceptors (Lipinski definition) is 3. The number of fused-ring (bicyclic) bond motifs is 1. The summed E-state index contributed by atoms with van der Waals surface area (Å²) >= 11 is 6.80. The van der Waals surface area contributed by atoms with Gasteiger partial charge >= 0.3 is 0 Å². The molecule has 1 aromatic heterocycles. The molecule has 0 spiro atoms. The van der Waals surface area contributed by atoms with Crippen LogP contribution in [0.2, 0.25) is 0 Å². The molecule has 0 saturated carbocycles. The van der Waals surface area contributed by atoms with Crippen molar-refractivity contribution in [2.24, 2.45) is 4.99 Å². The topological polar surface area (TPSA) is 34.4 Å². The highest BCUT2D eigenvalue weighted by Crippen LogP contribution is 2.24. The maximum Gasteiger partial charge on any atom is 0.279 e. The van der Waals surface area contributed by atoms with Crippen molar-refractivity contribution < 1.29 is 4.79 Å². The lowest BCUT2D eigenvalue weighted by Crippen LogP contribution is -2.18. The van der Waals surface area contributed by atoms with Gasteiger partial charge in [0.1, 0.15) is 0 Å². The average molecular weight is 435 g/mol. The molecule has 0 N–H and O–H groups in total.